The Balaban J connectivity index is 1.40. The zero-order valence-corrected chi connectivity index (χ0v) is 17.3. The molecule has 0 radical (unpaired) electrons. The Bertz CT molecular complexity index is 1280. The standard InChI is InChI=1S/C22H18FN3O4S/c1-14-11-26-21(28)10-16(24-22(26)31-14)12-30-19-5-3-2-4-18(19)25-20(27)13-29-17-8-6-15(23)7-9-17/h2-11H,12-13H2,1H3,(H,25,27). The van der Waals surface area contributed by atoms with E-state index in [1.54, 1.807) is 30.5 Å². The molecule has 1 amide bonds. The Hall–Kier alpha value is -3.72. The van der Waals surface area contributed by atoms with Gasteiger partial charge >= 0.3 is 0 Å². The highest BCUT2D eigenvalue weighted by atomic mass is 32.1. The van der Waals surface area contributed by atoms with Gasteiger partial charge in [0.15, 0.2) is 11.6 Å². The van der Waals surface area contributed by atoms with Gasteiger partial charge in [-0.15, -0.1) is 11.3 Å². The number of nitrogens with one attached hydrogen (secondary N) is 1. The Morgan fingerprint density at radius 3 is 2.74 bits per heavy atom. The van der Waals surface area contributed by atoms with Crippen LogP contribution in [0.4, 0.5) is 10.1 Å². The summed E-state index contributed by atoms with van der Waals surface area (Å²) in [4.78, 5) is 30.5. The van der Waals surface area contributed by atoms with Gasteiger partial charge in [-0.25, -0.2) is 9.37 Å². The predicted octanol–water partition coefficient (Wildman–Crippen LogP) is 3.80. The van der Waals surface area contributed by atoms with Crippen LogP contribution < -0.4 is 20.3 Å². The molecule has 4 aromatic rings. The van der Waals surface area contributed by atoms with E-state index in [2.05, 4.69) is 10.3 Å². The Morgan fingerprint density at radius 2 is 1.94 bits per heavy atom. The van der Waals surface area contributed by atoms with Crippen LogP contribution in [-0.4, -0.2) is 21.9 Å². The molecular formula is C22H18FN3O4S. The van der Waals surface area contributed by atoms with E-state index in [0.29, 0.717) is 27.8 Å². The minimum absolute atomic E-state index is 0.0711. The molecule has 0 spiro atoms. The molecule has 0 saturated heterocycles. The lowest BCUT2D eigenvalue weighted by atomic mass is 10.3. The minimum Gasteiger partial charge on any atom is -0.485 e. The van der Waals surface area contributed by atoms with E-state index in [-0.39, 0.29) is 24.6 Å². The van der Waals surface area contributed by atoms with Crippen LogP contribution >= 0.6 is 11.3 Å². The molecule has 2 aromatic heterocycles. The van der Waals surface area contributed by atoms with Gasteiger partial charge in [-0.1, -0.05) is 12.1 Å². The fraction of sp³-hybridized carbons (Fsp3) is 0.136. The van der Waals surface area contributed by atoms with Crippen molar-refractivity contribution in [3.8, 4) is 11.5 Å². The number of aromatic nitrogens is 2. The number of rotatable bonds is 7. The van der Waals surface area contributed by atoms with Crippen LogP contribution in [0.1, 0.15) is 10.6 Å². The molecule has 0 bridgehead atoms. The number of hydrogen-bond donors (Lipinski definition) is 1. The normalized spacial score (nSPS) is 10.8. The number of ether oxygens (including phenoxy) is 2. The van der Waals surface area contributed by atoms with E-state index in [1.807, 2.05) is 6.92 Å². The monoisotopic (exact) mass is 439 g/mol. The summed E-state index contributed by atoms with van der Waals surface area (Å²) < 4.78 is 25.6. The summed E-state index contributed by atoms with van der Waals surface area (Å²) in [5.41, 5.74) is 0.778. The lowest BCUT2D eigenvalue weighted by Crippen LogP contribution is -2.20. The summed E-state index contributed by atoms with van der Waals surface area (Å²) in [6, 6.07) is 13.8. The van der Waals surface area contributed by atoms with E-state index in [9.17, 15) is 14.0 Å². The average molecular weight is 439 g/mol. The summed E-state index contributed by atoms with van der Waals surface area (Å²) in [6.45, 7) is 1.74. The minimum atomic E-state index is -0.396. The van der Waals surface area contributed by atoms with Gasteiger partial charge in [0.05, 0.1) is 11.4 Å². The van der Waals surface area contributed by atoms with Crippen molar-refractivity contribution in [2.75, 3.05) is 11.9 Å². The molecule has 2 aromatic carbocycles. The van der Waals surface area contributed by atoms with Crippen molar-refractivity contribution < 1.29 is 18.7 Å². The number of hydrogen-bond acceptors (Lipinski definition) is 6. The Labute approximate surface area is 180 Å². The van der Waals surface area contributed by atoms with Gasteiger partial charge in [-0.2, -0.15) is 0 Å². The number of thiazole rings is 1. The van der Waals surface area contributed by atoms with E-state index in [4.69, 9.17) is 9.47 Å². The molecule has 0 aliphatic carbocycles. The quantitative estimate of drug-likeness (QED) is 0.474. The summed E-state index contributed by atoms with van der Waals surface area (Å²) in [6.07, 6.45) is 1.75. The van der Waals surface area contributed by atoms with Crippen molar-refractivity contribution in [2.24, 2.45) is 0 Å². The molecular weight excluding hydrogens is 421 g/mol. The largest absolute Gasteiger partial charge is 0.485 e. The third-order valence-corrected chi connectivity index (χ3v) is 5.15. The zero-order chi connectivity index (χ0) is 21.8. The maximum atomic E-state index is 12.9. The van der Waals surface area contributed by atoms with Crippen molar-refractivity contribution in [1.82, 2.24) is 9.38 Å². The highest BCUT2D eigenvalue weighted by Gasteiger charge is 2.11. The van der Waals surface area contributed by atoms with E-state index < -0.39 is 5.91 Å². The molecule has 0 unspecified atom stereocenters. The van der Waals surface area contributed by atoms with Crippen LogP contribution in [0.25, 0.3) is 4.96 Å². The molecule has 4 rings (SSSR count). The fourth-order valence-electron chi connectivity index (χ4n) is 2.85. The lowest BCUT2D eigenvalue weighted by molar-refractivity contribution is -0.118. The molecule has 0 fully saturated rings. The molecule has 158 valence electrons. The summed E-state index contributed by atoms with van der Waals surface area (Å²) in [7, 11) is 0. The number of carbonyl (C=O) groups is 1. The first kappa shape index (κ1) is 20.5. The van der Waals surface area contributed by atoms with Crippen molar-refractivity contribution in [1.29, 1.82) is 0 Å². The van der Waals surface area contributed by atoms with Crippen LogP contribution in [0.15, 0.2) is 65.6 Å². The predicted molar refractivity (Wildman–Crippen MR) is 115 cm³/mol. The highest BCUT2D eigenvalue weighted by Crippen LogP contribution is 2.25. The molecule has 0 aliphatic rings. The van der Waals surface area contributed by atoms with Crippen molar-refractivity contribution >= 4 is 27.9 Å². The maximum Gasteiger partial charge on any atom is 0.262 e. The van der Waals surface area contributed by atoms with Gasteiger partial charge in [-0.3, -0.25) is 14.0 Å². The van der Waals surface area contributed by atoms with Crippen LogP contribution in [0.5, 0.6) is 11.5 Å². The molecule has 0 aliphatic heterocycles. The topological polar surface area (TPSA) is 81.9 Å². The number of para-hydroxylation sites is 2. The molecule has 7 nitrogen and oxygen atoms in total. The average Bonchev–Trinajstić information content (AvgIpc) is 3.13. The highest BCUT2D eigenvalue weighted by molar-refractivity contribution is 7.16. The first-order chi connectivity index (χ1) is 15.0. The van der Waals surface area contributed by atoms with E-state index >= 15 is 0 Å². The number of amides is 1. The lowest BCUT2D eigenvalue weighted by Gasteiger charge is -2.12. The smallest absolute Gasteiger partial charge is 0.262 e. The molecule has 31 heavy (non-hydrogen) atoms. The Kier molecular flexibility index (Phi) is 5.94. The van der Waals surface area contributed by atoms with Gasteiger partial charge in [0, 0.05) is 17.1 Å². The molecule has 0 atom stereocenters. The number of anilines is 1. The molecule has 0 saturated carbocycles. The van der Waals surface area contributed by atoms with Crippen LogP contribution in [0.3, 0.4) is 0 Å². The van der Waals surface area contributed by atoms with Crippen molar-refractivity contribution in [3.63, 3.8) is 0 Å². The van der Waals surface area contributed by atoms with Gasteiger partial charge in [0.25, 0.3) is 11.5 Å². The first-order valence-electron chi connectivity index (χ1n) is 9.37. The molecule has 9 heteroatoms. The van der Waals surface area contributed by atoms with E-state index in [0.717, 1.165) is 4.88 Å². The summed E-state index contributed by atoms with van der Waals surface area (Å²) in [5.74, 6) is 0.0419. The maximum absolute atomic E-state index is 12.9. The summed E-state index contributed by atoms with van der Waals surface area (Å²) in [5, 5.41) is 2.73. The SMILES string of the molecule is Cc1cn2c(=O)cc(COc3ccccc3NC(=O)COc3ccc(F)cc3)nc2s1. The third kappa shape index (κ3) is 5.07. The van der Waals surface area contributed by atoms with Crippen molar-refractivity contribution in [2.45, 2.75) is 13.5 Å². The van der Waals surface area contributed by atoms with Gasteiger partial charge < -0.3 is 14.8 Å². The Morgan fingerprint density at radius 1 is 1.16 bits per heavy atom. The van der Waals surface area contributed by atoms with Crippen LogP contribution in [0, 0.1) is 12.7 Å². The molecule has 2 heterocycles. The number of halogens is 1. The van der Waals surface area contributed by atoms with Crippen molar-refractivity contribution in [3.05, 3.63) is 87.5 Å². The van der Waals surface area contributed by atoms with Gasteiger partial charge in [0.2, 0.25) is 0 Å². The van der Waals surface area contributed by atoms with E-state index in [1.165, 1.54) is 46.1 Å². The van der Waals surface area contributed by atoms with Gasteiger partial charge in [0.1, 0.15) is 23.9 Å². The zero-order valence-electron chi connectivity index (χ0n) is 16.5. The second-order valence-corrected chi connectivity index (χ2v) is 7.87. The number of benzene rings is 2. The number of carbonyl (C=O) groups excluding carboxylic acids is 1. The fourth-order valence-corrected chi connectivity index (χ4v) is 3.70. The van der Waals surface area contributed by atoms with Crippen LogP contribution in [-0.2, 0) is 11.4 Å². The first-order valence-corrected chi connectivity index (χ1v) is 10.2. The van der Waals surface area contributed by atoms with Gasteiger partial charge in [-0.05, 0) is 43.3 Å². The number of fused-ring (bicyclic) bond motifs is 1. The summed E-state index contributed by atoms with van der Waals surface area (Å²) >= 11 is 1.42. The number of nitrogens with zero attached hydrogens (tertiary/aromatic N) is 2. The third-order valence-electron chi connectivity index (χ3n) is 4.26. The second-order valence-electron chi connectivity index (χ2n) is 6.66. The number of aryl methyl sites for hydroxylation is 1. The second kappa shape index (κ2) is 8.97. The van der Waals surface area contributed by atoms with Crippen LogP contribution in [0.2, 0.25) is 0 Å². The molecule has 1 N–H and O–H groups in total.